The number of nitrogen functional groups attached to an aromatic ring is 1. The number of carbonyl (C=O) groups excluding carboxylic acids is 1. The summed E-state index contributed by atoms with van der Waals surface area (Å²) in [6, 6.07) is 0. The molecule has 6 heteroatoms. The summed E-state index contributed by atoms with van der Waals surface area (Å²) in [5.41, 5.74) is 5.54. The lowest BCUT2D eigenvalue weighted by molar-refractivity contribution is 0.0596. The first-order chi connectivity index (χ1) is 5.57. The van der Waals surface area contributed by atoms with Crippen LogP contribution in [-0.4, -0.2) is 22.6 Å². The number of aromatic nitrogens is 2. The number of carbonyl (C=O) groups is 1. The fourth-order valence-electron chi connectivity index (χ4n) is 0.730. The molecule has 66 valence electrons. The van der Waals surface area contributed by atoms with Crippen molar-refractivity contribution in [3.63, 3.8) is 0 Å². The second-order valence-corrected chi connectivity index (χ2v) is 2.50. The van der Waals surface area contributed by atoms with Crippen LogP contribution < -0.4 is 5.73 Å². The third-order valence-electron chi connectivity index (χ3n) is 1.46. The Morgan fingerprint density at radius 1 is 1.75 bits per heavy atom. The van der Waals surface area contributed by atoms with Gasteiger partial charge in [-0.05, 0) is 11.6 Å². The van der Waals surface area contributed by atoms with Gasteiger partial charge in [0.25, 0.3) is 0 Å². The number of imidazole rings is 1. The lowest BCUT2D eigenvalue weighted by Crippen LogP contribution is -2.06. The summed E-state index contributed by atoms with van der Waals surface area (Å²) in [5.74, 6) is -0.387. The highest BCUT2D eigenvalue weighted by atomic mass is 35.5. The Hall–Kier alpha value is -1.23. The van der Waals surface area contributed by atoms with Crippen LogP contribution in [0, 0.1) is 0 Å². The van der Waals surface area contributed by atoms with E-state index in [2.05, 4.69) is 9.72 Å². The van der Waals surface area contributed by atoms with Crippen molar-refractivity contribution in [1.82, 2.24) is 9.55 Å². The third kappa shape index (κ3) is 1.23. The highest BCUT2D eigenvalue weighted by molar-refractivity contribution is 6.29. The predicted molar refractivity (Wildman–Crippen MR) is 44.0 cm³/mol. The van der Waals surface area contributed by atoms with Crippen LogP contribution in [0.4, 0.5) is 5.82 Å². The second kappa shape index (κ2) is 3.02. The van der Waals surface area contributed by atoms with E-state index in [1.165, 1.54) is 11.7 Å². The molecule has 0 saturated heterocycles. The summed E-state index contributed by atoms with van der Waals surface area (Å²) in [5, 5.41) is 0.160. The zero-order chi connectivity index (χ0) is 9.30. The smallest absolute Gasteiger partial charge is 0.360 e. The molecule has 0 spiro atoms. The number of ether oxygens (including phenoxy) is 1. The first-order valence-corrected chi connectivity index (χ1v) is 3.51. The number of anilines is 1. The number of halogens is 1. The van der Waals surface area contributed by atoms with Gasteiger partial charge >= 0.3 is 5.97 Å². The summed E-state index contributed by atoms with van der Waals surface area (Å²) in [7, 11) is 2.86. The van der Waals surface area contributed by atoms with E-state index in [0.29, 0.717) is 0 Å². The summed E-state index contributed by atoms with van der Waals surface area (Å²) in [6.45, 7) is 0. The largest absolute Gasteiger partial charge is 0.464 e. The Kier molecular flexibility index (Phi) is 2.23. The highest BCUT2D eigenvalue weighted by Crippen LogP contribution is 2.16. The van der Waals surface area contributed by atoms with Crippen LogP contribution in [0.25, 0.3) is 0 Å². The van der Waals surface area contributed by atoms with Crippen LogP contribution >= 0.6 is 11.6 Å². The number of rotatable bonds is 1. The van der Waals surface area contributed by atoms with E-state index in [1.807, 2.05) is 0 Å². The molecule has 0 aliphatic carbocycles. The van der Waals surface area contributed by atoms with E-state index in [1.54, 1.807) is 7.05 Å². The van der Waals surface area contributed by atoms with Crippen molar-refractivity contribution in [2.75, 3.05) is 12.8 Å². The molecule has 1 aromatic heterocycles. The normalized spacial score (nSPS) is 9.92. The molecule has 0 saturated carbocycles. The van der Waals surface area contributed by atoms with Crippen molar-refractivity contribution in [2.45, 2.75) is 0 Å². The molecule has 0 aliphatic heterocycles. The summed E-state index contributed by atoms with van der Waals surface area (Å²) in [6.07, 6.45) is 0. The number of nitrogens with two attached hydrogens (primary N) is 1. The van der Waals surface area contributed by atoms with Gasteiger partial charge in [0.1, 0.15) is 5.82 Å². The van der Waals surface area contributed by atoms with Crippen molar-refractivity contribution in [3.8, 4) is 0 Å². The molecule has 1 aromatic rings. The van der Waals surface area contributed by atoms with E-state index in [4.69, 9.17) is 17.3 Å². The maximum atomic E-state index is 11.0. The Morgan fingerprint density at radius 3 is 2.67 bits per heavy atom. The molecule has 1 rings (SSSR count). The van der Waals surface area contributed by atoms with Gasteiger partial charge in [-0.1, -0.05) is 0 Å². The molecule has 0 radical (unpaired) electrons. The summed E-state index contributed by atoms with van der Waals surface area (Å²) >= 11 is 5.60. The van der Waals surface area contributed by atoms with Crippen LogP contribution in [0.3, 0.4) is 0 Å². The zero-order valence-corrected chi connectivity index (χ0v) is 7.42. The lowest BCUT2D eigenvalue weighted by atomic mass is 10.4. The minimum Gasteiger partial charge on any atom is -0.464 e. The molecule has 0 fully saturated rings. The maximum Gasteiger partial charge on any atom is 0.360 e. The minimum atomic E-state index is -0.588. The Labute approximate surface area is 74.1 Å². The average molecular weight is 190 g/mol. The molecule has 0 atom stereocenters. The molecule has 1 heterocycles. The van der Waals surface area contributed by atoms with Crippen molar-refractivity contribution >= 4 is 23.4 Å². The molecular formula is C6H8ClN3O2. The Bertz CT molecular complexity index is 321. The van der Waals surface area contributed by atoms with Gasteiger partial charge < -0.3 is 15.0 Å². The molecule has 0 aromatic carbocycles. The van der Waals surface area contributed by atoms with E-state index in [0.717, 1.165) is 0 Å². The first-order valence-electron chi connectivity index (χ1n) is 3.14. The van der Waals surface area contributed by atoms with E-state index >= 15 is 0 Å². The van der Waals surface area contributed by atoms with Gasteiger partial charge in [0.2, 0.25) is 5.28 Å². The van der Waals surface area contributed by atoms with Crippen molar-refractivity contribution < 1.29 is 9.53 Å². The molecular weight excluding hydrogens is 182 g/mol. The molecule has 0 bridgehead atoms. The summed E-state index contributed by atoms with van der Waals surface area (Å²) in [4.78, 5) is 14.7. The van der Waals surface area contributed by atoms with Gasteiger partial charge in [0, 0.05) is 7.05 Å². The quantitative estimate of drug-likeness (QED) is 0.651. The Morgan fingerprint density at radius 2 is 2.33 bits per heavy atom. The molecule has 0 unspecified atom stereocenters. The lowest BCUT2D eigenvalue weighted by Gasteiger charge is -1.96. The van der Waals surface area contributed by atoms with E-state index in [-0.39, 0.29) is 16.8 Å². The number of hydrogen-bond acceptors (Lipinski definition) is 4. The number of hydrogen-bond donors (Lipinski definition) is 1. The number of esters is 1. The van der Waals surface area contributed by atoms with Gasteiger partial charge in [-0.3, -0.25) is 0 Å². The van der Waals surface area contributed by atoms with Crippen LogP contribution in [0.2, 0.25) is 5.28 Å². The van der Waals surface area contributed by atoms with E-state index in [9.17, 15) is 4.79 Å². The maximum absolute atomic E-state index is 11.0. The van der Waals surface area contributed by atoms with Crippen molar-refractivity contribution in [2.24, 2.45) is 7.05 Å². The van der Waals surface area contributed by atoms with Gasteiger partial charge in [0.15, 0.2) is 5.69 Å². The van der Waals surface area contributed by atoms with Gasteiger partial charge in [-0.25, -0.2) is 9.78 Å². The van der Waals surface area contributed by atoms with Gasteiger partial charge in [-0.15, -0.1) is 0 Å². The first kappa shape index (κ1) is 8.86. The van der Waals surface area contributed by atoms with Gasteiger partial charge in [-0.2, -0.15) is 0 Å². The zero-order valence-electron chi connectivity index (χ0n) is 6.67. The fourth-order valence-corrected chi connectivity index (χ4v) is 0.905. The van der Waals surface area contributed by atoms with Crippen molar-refractivity contribution in [1.29, 1.82) is 0 Å². The van der Waals surface area contributed by atoms with Crippen molar-refractivity contribution in [3.05, 3.63) is 11.0 Å². The topological polar surface area (TPSA) is 70.1 Å². The van der Waals surface area contributed by atoms with Crippen LogP contribution in [0.1, 0.15) is 10.5 Å². The highest BCUT2D eigenvalue weighted by Gasteiger charge is 2.17. The molecule has 5 nitrogen and oxygen atoms in total. The Balaban J connectivity index is 3.17. The molecule has 0 aliphatic rings. The fraction of sp³-hybridized carbons (Fsp3) is 0.333. The molecule has 0 amide bonds. The molecule has 12 heavy (non-hydrogen) atoms. The standard InChI is InChI=1S/C6H8ClN3O2/c1-10-4(8)3(5(11)12-2)9-6(10)7/h8H2,1-2H3. The minimum absolute atomic E-state index is 0.0463. The second-order valence-electron chi connectivity index (χ2n) is 2.17. The predicted octanol–water partition coefficient (Wildman–Crippen LogP) is 0.442. The van der Waals surface area contributed by atoms with Crippen LogP contribution in [0.5, 0.6) is 0 Å². The number of methoxy groups -OCH3 is 1. The molecule has 2 N–H and O–H groups in total. The van der Waals surface area contributed by atoms with E-state index < -0.39 is 5.97 Å². The van der Waals surface area contributed by atoms with Crippen LogP contribution in [0.15, 0.2) is 0 Å². The average Bonchev–Trinajstić information content (AvgIpc) is 2.32. The summed E-state index contributed by atoms with van der Waals surface area (Å²) < 4.78 is 5.83. The third-order valence-corrected chi connectivity index (χ3v) is 1.80. The monoisotopic (exact) mass is 189 g/mol. The van der Waals surface area contributed by atoms with Gasteiger partial charge in [0.05, 0.1) is 7.11 Å². The van der Waals surface area contributed by atoms with Crippen LogP contribution in [-0.2, 0) is 11.8 Å². The SMILES string of the molecule is COC(=O)c1nc(Cl)n(C)c1N. The number of nitrogens with zero attached hydrogens (tertiary/aromatic N) is 2.